The molecule has 0 spiro atoms. The van der Waals surface area contributed by atoms with E-state index in [2.05, 4.69) is 5.92 Å². The van der Waals surface area contributed by atoms with Gasteiger partial charge in [-0.1, -0.05) is 12.8 Å². The summed E-state index contributed by atoms with van der Waals surface area (Å²) in [6.45, 7) is 1.51. The number of imide groups is 1. The highest BCUT2D eigenvalue weighted by Crippen LogP contribution is 2.09. The summed E-state index contributed by atoms with van der Waals surface area (Å²) < 4.78 is 4.80. The third kappa shape index (κ3) is 3.21. The predicted molar refractivity (Wildman–Crippen MR) is 58.5 cm³/mol. The second-order valence-electron chi connectivity index (χ2n) is 3.56. The van der Waals surface area contributed by atoms with E-state index in [-0.39, 0.29) is 26.2 Å². The molecule has 0 bridgehead atoms. The highest BCUT2D eigenvalue weighted by atomic mass is 16.5. The first-order valence-corrected chi connectivity index (χ1v) is 5.28. The summed E-state index contributed by atoms with van der Waals surface area (Å²) in [6.07, 6.45) is 5.99. The summed E-state index contributed by atoms with van der Waals surface area (Å²) in [7, 11) is 0. The lowest BCUT2D eigenvalue weighted by Gasteiger charge is -2.14. The number of ether oxygens (including phenoxy) is 1. The lowest BCUT2D eigenvalue weighted by molar-refractivity contribution is -0.149. The summed E-state index contributed by atoms with van der Waals surface area (Å²) in [5.41, 5.74) is 0. The van der Waals surface area contributed by atoms with E-state index in [4.69, 9.17) is 11.2 Å². The Morgan fingerprint density at radius 1 is 1.53 bits per heavy atom. The molecule has 1 saturated heterocycles. The molecule has 0 unspecified atom stereocenters. The van der Waals surface area contributed by atoms with Crippen LogP contribution < -0.4 is 0 Å². The van der Waals surface area contributed by atoms with Crippen LogP contribution in [-0.2, 0) is 14.3 Å². The minimum atomic E-state index is -0.516. The third-order valence-electron chi connectivity index (χ3n) is 2.22. The van der Waals surface area contributed by atoms with Crippen LogP contribution in [0.15, 0.2) is 0 Å². The molecule has 3 amide bonds. The largest absolute Gasteiger partial charge is 0.444 e. The van der Waals surface area contributed by atoms with Gasteiger partial charge in [-0.15, -0.1) is 6.42 Å². The maximum atomic E-state index is 11.6. The maximum absolute atomic E-state index is 11.6. The second-order valence-corrected chi connectivity index (χ2v) is 3.56. The lowest BCUT2D eigenvalue weighted by Crippen LogP contribution is -2.35. The fraction of sp³-hybridized carbons (Fsp3) is 0.545. The van der Waals surface area contributed by atoms with Gasteiger partial charge in [-0.25, -0.2) is 9.69 Å². The van der Waals surface area contributed by atoms with Gasteiger partial charge in [-0.05, 0) is 6.42 Å². The van der Waals surface area contributed by atoms with Gasteiger partial charge in [0.25, 0.3) is 5.91 Å². The summed E-state index contributed by atoms with van der Waals surface area (Å²) in [6, 6.07) is -0.516. The van der Waals surface area contributed by atoms with Gasteiger partial charge in [-0.2, -0.15) is 0 Å². The lowest BCUT2D eigenvalue weighted by atomic mass is 10.3. The minimum absolute atomic E-state index is 0.0611. The number of carbonyl (C=O) groups excluding carboxylic acids is 3. The van der Waals surface area contributed by atoms with Crippen molar-refractivity contribution in [1.82, 2.24) is 9.80 Å². The Bertz CT molecular complexity index is 372. The number of urea groups is 1. The highest BCUT2D eigenvalue weighted by Gasteiger charge is 2.35. The van der Waals surface area contributed by atoms with Crippen LogP contribution in [0.5, 0.6) is 0 Å². The van der Waals surface area contributed by atoms with Crippen LogP contribution in [0, 0.1) is 12.3 Å². The normalized spacial score (nSPS) is 15.1. The molecule has 0 radical (unpaired) electrons. The van der Waals surface area contributed by atoms with Crippen LogP contribution in [0.25, 0.3) is 0 Å². The standard InChI is InChI=1S/C11H14N2O4/c1-3-5-10(15)17-8-13-9(14)7-12(6-4-2)11(13)16/h2H,3,5-8H2,1H3. The quantitative estimate of drug-likeness (QED) is 0.389. The van der Waals surface area contributed by atoms with Gasteiger partial charge < -0.3 is 9.64 Å². The smallest absolute Gasteiger partial charge is 0.330 e. The molecule has 1 heterocycles. The van der Waals surface area contributed by atoms with Gasteiger partial charge in [0.2, 0.25) is 0 Å². The SMILES string of the molecule is C#CCN1CC(=O)N(COC(=O)CCC)C1=O. The molecule has 0 aliphatic carbocycles. The van der Waals surface area contributed by atoms with E-state index in [9.17, 15) is 14.4 Å². The molecule has 0 aromatic carbocycles. The van der Waals surface area contributed by atoms with Gasteiger partial charge in [-0.3, -0.25) is 9.59 Å². The Morgan fingerprint density at radius 3 is 2.82 bits per heavy atom. The number of carbonyl (C=O) groups is 3. The first-order chi connectivity index (χ1) is 8.10. The Kier molecular flexibility index (Phi) is 4.52. The van der Waals surface area contributed by atoms with Crippen LogP contribution in [0.2, 0.25) is 0 Å². The van der Waals surface area contributed by atoms with E-state index in [1.165, 1.54) is 4.90 Å². The average molecular weight is 238 g/mol. The molecule has 1 rings (SSSR count). The first kappa shape index (κ1) is 13.0. The van der Waals surface area contributed by atoms with Crippen molar-refractivity contribution in [3.63, 3.8) is 0 Å². The fourth-order valence-corrected chi connectivity index (χ4v) is 1.37. The molecule has 0 aromatic rings. The zero-order valence-electron chi connectivity index (χ0n) is 9.64. The number of terminal acetylenes is 1. The van der Waals surface area contributed by atoms with Gasteiger partial charge in [0.1, 0.15) is 6.54 Å². The molecule has 6 heteroatoms. The van der Waals surface area contributed by atoms with Crippen molar-refractivity contribution in [2.45, 2.75) is 19.8 Å². The van der Waals surface area contributed by atoms with Crippen molar-refractivity contribution < 1.29 is 19.1 Å². The molecule has 17 heavy (non-hydrogen) atoms. The molecule has 1 aliphatic rings. The summed E-state index contributed by atoms with van der Waals surface area (Å²) >= 11 is 0. The molecule has 0 saturated carbocycles. The number of hydrogen-bond acceptors (Lipinski definition) is 4. The van der Waals surface area contributed by atoms with E-state index in [0.29, 0.717) is 6.42 Å². The van der Waals surface area contributed by atoms with E-state index in [1.54, 1.807) is 0 Å². The summed E-state index contributed by atoms with van der Waals surface area (Å²) in [5, 5.41) is 0. The van der Waals surface area contributed by atoms with E-state index in [1.807, 2.05) is 6.92 Å². The van der Waals surface area contributed by atoms with Crippen LogP contribution in [0.1, 0.15) is 19.8 Å². The molecule has 0 aromatic heterocycles. The van der Waals surface area contributed by atoms with Crippen LogP contribution in [-0.4, -0.2) is 47.5 Å². The van der Waals surface area contributed by atoms with Crippen molar-refractivity contribution in [1.29, 1.82) is 0 Å². The minimum Gasteiger partial charge on any atom is -0.444 e. The third-order valence-corrected chi connectivity index (χ3v) is 2.22. The first-order valence-electron chi connectivity index (χ1n) is 5.28. The van der Waals surface area contributed by atoms with E-state index in [0.717, 1.165) is 4.90 Å². The molecule has 92 valence electrons. The van der Waals surface area contributed by atoms with Crippen LogP contribution >= 0.6 is 0 Å². The Balaban J connectivity index is 2.49. The van der Waals surface area contributed by atoms with Crippen LogP contribution in [0.3, 0.4) is 0 Å². The summed E-state index contributed by atoms with van der Waals surface area (Å²) in [4.78, 5) is 36.3. The Labute approximate surface area is 99.5 Å². The second kappa shape index (κ2) is 5.89. The molecule has 1 fully saturated rings. The number of rotatable bonds is 5. The zero-order chi connectivity index (χ0) is 12.8. The van der Waals surface area contributed by atoms with E-state index >= 15 is 0 Å². The molecule has 1 aliphatic heterocycles. The van der Waals surface area contributed by atoms with Gasteiger partial charge in [0, 0.05) is 6.42 Å². The zero-order valence-corrected chi connectivity index (χ0v) is 9.64. The fourth-order valence-electron chi connectivity index (χ4n) is 1.37. The van der Waals surface area contributed by atoms with Crippen molar-refractivity contribution in [3.05, 3.63) is 0 Å². The Morgan fingerprint density at radius 2 is 2.24 bits per heavy atom. The van der Waals surface area contributed by atoms with Gasteiger partial charge in [0.05, 0.1) is 6.54 Å². The number of esters is 1. The number of hydrogen-bond donors (Lipinski definition) is 0. The Hall–Kier alpha value is -2.03. The van der Waals surface area contributed by atoms with Crippen molar-refractivity contribution in [2.24, 2.45) is 0 Å². The van der Waals surface area contributed by atoms with Gasteiger partial charge in [0.15, 0.2) is 6.73 Å². The number of nitrogens with zero attached hydrogens (tertiary/aromatic N) is 2. The molecular weight excluding hydrogens is 224 g/mol. The van der Waals surface area contributed by atoms with Gasteiger partial charge >= 0.3 is 12.0 Å². The highest BCUT2D eigenvalue weighted by molar-refractivity contribution is 6.02. The topological polar surface area (TPSA) is 66.9 Å². The van der Waals surface area contributed by atoms with Crippen molar-refractivity contribution >= 4 is 17.9 Å². The molecular formula is C11H14N2O4. The average Bonchev–Trinajstić information content (AvgIpc) is 2.53. The maximum Gasteiger partial charge on any atom is 0.330 e. The molecule has 0 N–H and O–H groups in total. The molecule has 6 nitrogen and oxygen atoms in total. The van der Waals surface area contributed by atoms with Crippen LogP contribution in [0.4, 0.5) is 4.79 Å². The van der Waals surface area contributed by atoms with Crippen molar-refractivity contribution in [3.8, 4) is 12.3 Å². The number of amides is 3. The van der Waals surface area contributed by atoms with E-state index < -0.39 is 17.9 Å². The predicted octanol–water partition coefficient (Wildman–Crippen LogP) is 0.185. The van der Waals surface area contributed by atoms with Crippen molar-refractivity contribution in [2.75, 3.05) is 19.8 Å². The monoisotopic (exact) mass is 238 g/mol. The summed E-state index contributed by atoms with van der Waals surface area (Å²) in [5.74, 6) is 1.45. The molecule has 0 atom stereocenters.